The van der Waals surface area contributed by atoms with Gasteiger partial charge in [0.25, 0.3) is 0 Å². The molecule has 6 atom stereocenters. The number of anilines is 1. The average molecular weight is 436 g/mol. The van der Waals surface area contributed by atoms with E-state index in [4.69, 9.17) is 4.74 Å². The van der Waals surface area contributed by atoms with Crippen LogP contribution in [0.4, 0.5) is 5.69 Å². The third kappa shape index (κ3) is 3.08. The molecule has 5 heteroatoms. The molecule has 0 aromatic heterocycles. The van der Waals surface area contributed by atoms with Crippen LogP contribution in [-0.4, -0.2) is 30.1 Å². The van der Waals surface area contributed by atoms with Crippen LogP contribution in [0.15, 0.2) is 47.7 Å². The number of methoxy groups -OCH3 is 1. The zero-order valence-electron chi connectivity index (χ0n) is 19.2. The number of hydrogen-bond donors (Lipinski definition) is 2. The fourth-order valence-corrected chi connectivity index (χ4v) is 7.11. The molecule has 170 valence electrons. The topological polar surface area (TPSA) is 75.6 Å². The number of nitrogens with one attached hydrogen (secondary N) is 1. The molecule has 0 spiro atoms. The molecular formula is C27H33NO4. The van der Waals surface area contributed by atoms with Crippen molar-refractivity contribution in [1.82, 2.24) is 0 Å². The lowest BCUT2D eigenvalue weighted by molar-refractivity contribution is -0.161. The van der Waals surface area contributed by atoms with Crippen LogP contribution < -0.4 is 5.32 Å². The minimum atomic E-state index is -0.671. The number of benzene rings is 1. The van der Waals surface area contributed by atoms with Crippen molar-refractivity contribution in [2.24, 2.45) is 28.6 Å². The van der Waals surface area contributed by atoms with Crippen LogP contribution >= 0.6 is 0 Å². The van der Waals surface area contributed by atoms with Crippen molar-refractivity contribution >= 4 is 17.4 Å². The number of carbonyl (C=O) groups excluding carboxylic acids is 2. The summed E-state index contributed by atoms with van der Waals surface area (Å²) in [5, 5.41) is 13.6. The largest absolute Gasteiger partial charge is 0.469 e. The van der Waals surface area contributed by atoms with E-state index in [1.165, 1.54) is 12.7 Å². The molecule has 0 bridgehead atoms. The first kappa shape index (κ1) is 21.4. The van der Waals surface area contributed by atoms with Gasteiger partial charge >= 0.3 is 5.97 Å². The molecular weight excluding hydrogens is 402 g/mol. The summed E-state index contributed by atoms with van der Waals surface area (Å²) in [5.41, 5.74) is 2.85. The number of aliphatic hydroxyl groups is 1. The number of carbonyl (C=O) groups is 2. The van der Waals surface area contributed by atoms with Gasteiger partial charge in [-0.25, -0.2) is 0 Å². The number of fused-ring (bicyclic) bond motifs is 4. The monoisotopic (exact) mass is 435 g/mol. The van der Waals surface area contributed by atoms with Crippen molar-refractivity contribution in [3.05, 3.63) is 53.3 Å². The molecule has 1 aliphatic heterocycles. The number of para-hydroxylation sites is 1. The Kier molecular flexibility index (Phi) is 5.08. The highest BCUT2D eigenvalue weighted by atomic mass is 16.5. The Morgan fingerprint density at radius 1 is 1.22 bits per heavy atom. The predicted octanol–water partition coefficient (Wildman–Crippen LogP) is 4.88. The molecule has 1 aromatic carbocycles. The van der Waals surface area contributed by atoms with Crippen LogP contribution in [0.1, 0.15) is 62.7 Å². The summed E-state index contributed by atoms with van der Waals surface area (Å²) in [4.78, 5) is 26.2. The number of hydrogen-bond acceptors (Lipinski definition) is 5. The van der Waals surface area contributed by atoms with E-state index in [2.05, 4.69) is 18.3 Å². The maximum Gasteiger partial charge on any atom is 0.312 e. The van der Waals surface area contributed by atoms with Crippen LogP contribution in [-0.2, 0) is 9.53 Å². The molecule has 5 nitrogen and oxygen atoms in total. The molecule has 0 radical (unpaired) electrons. The van der Waals surface area contributed by atoms with Crippen molar-refractivity contribution in [2.45, 2.75) is 58.5 Å². The van der Waals surface area contributed by atoms with Gasteiger partial charge in [0.05, 0.1) is 24.3 Å². The van der Waals surface area contributed by atoms with E-state index in [-0.39, 0.29) is 35.1 Å². The molecule has 0 saturated heterocycles. The maximum absolute atomic E-state index is 13.1. The van der Waals surface area contributed by atoms with E-state index < -0.39 is 5.41 Å². The third-order valence-electron chi connectivity index (χ3n) is 9.01. The lowest BCUT2D eigenvalue weighted by Gasteiger charge is -2.57. The second kappa shape index (κ2) is 7.58. The second-order valence-corrected chi connectivity index (χ2v) is 10.6. The maximum atomic E-state index is 13.1. The SMILES string of the molecule is COC(=O)[C@@]1(C)CC[C@H]2[C@@H](CC=C3C[C@@H](O)CC[C@@]32C)[C@@H]1C=C1Nc2ccccc2C1=O. The Morgan fingerprint density at radius 3 is 2.75 bits per heavy atom. The molecule has 1 aromatic rings. The quantitative estimate of drug-likeness (QED) is 0.393. The molecule has 1 heterocycles. The zero-order chi connectivity index (χ0) is 22.7. The van der Waals surface area contributed by atoms with Gasteiger partial charge in [0, 0.05) is 11.3 Å². The Bertz CT molecular complexity index is 1030. The number of ether oxygens (including phenoxy) is 1. The molecule has 32 heavy (non-hydrogen) atoms. The van der Waals surface area contributed by atoms with Crippen LogP contribution in [0.5, 0.6) is 0 Å². The van der Waals surface area contributed by atoms with Gasteiger partial charge in [0.1, 0.15) is 0 Å². The van der Waals surface area contributed by atoms with Crippen molar-refractivity contribution in [1.29, 1.82) is 0 Å². The van der Waals surface area contributed by atoms with E-state index in [1.807, 2.05) is 37.3 Å². The number of ketones is 1. The molecule has 3 aliphatic carbocycles. The van der Waals surface area contributed by atoms with Crippen molar-refractivity contribution < 1.29 is 19.4 Å². The molecule has 2 fully saturated rings. The minimum absolute atomic E-state index is 0.00557. The summed E-state index contributed by atoms with van der Waals surface area (Å²) < 4.78 is 5.28. The lowest BCUT2D eigenvalue weighted by Crippen LogP contribution is -2.52. The number of aliphatic hydroxyl groups excluding tert-OH is 1. The molecule has 2 saturated carbocycles. The van der Waals surface area contributed by atoms with Gasteiger partial charge in [-0.15, -0.1) is 0 Å². The summed E-state index contributed by atoms with van der Waals surface area (Å²) >= 11 is 0. The fourth-order valence-electron chi connectivity index (χ4n) is 7.11. The van der Waals surface area contributed by atoms with Gasteiger partial charge in [-0.2, -0.15) is 0 Å². The highest BCUT2D eigenvalue weighted by molar-refractivity contribution is 6.18. The minimum Gasteiger partial charge on any atom is -0.469 e. The highest BCUT2D eigenvalue weighted by Gasteiger charge is 2.57. The summed E-state index contributed by atoms with van der Waals surface area (Å²) in [6.07, 6.45) is 9.23. The standard InChI is InChI=1S/C27H33NO4/c1-26-12-10-17(29)14-16(26)8-9-18-20(26)11-13-27(2,25(31)32-3)21(18)15-23-24(30)19-6-4-5-7-22(19)28-23/h4-8,15,17-18,20-21,28-29H,9-14H2,1-3H3/t17-,18+,20-,21-,26-,27-/m0/s1. The first-order valence-corrected chi connectivity index (χ1v) is 11.9. The van der Waals surface area contributed by atoms with Crippen molar-refractivity contribution in [3.8, 4) is 0 Å². The summed E-state index contributed by atoms with van der Waals surface area (Å²) in [7, 11) is 1.46. The number of esters is 1. The summed E-state index contributed by atoms with van der Waals surface area (Å²) in [6.45, 7) is 4.36. The summed E-state index contributed by atoms with van der Waals surface area (Å²) in [6, 6.07) is 7.56. The third-order valence-corrected chi connectivity index (χ3v) is 9.01. The highest BCUT2D eigenvalue weighted by Crippen LogP contribution is 2.61. The van der Waals surface area contributed by atoms with E-state index in [1.54, 1.807) is 0 Å². The van der Waals surface area contributed by atoms with Gasteiger partial charge < -0.3 is 15.2 Å². The normalized spacial score (nSPS) is 39.4. The van der Waals surface area contributed by atoms with Crippen LogP contribution in [0.3, 0.4) is 0 Å². The van der Waals surface area contributed by atoms with E-state index in [0.29, 0.717) is 17.2 Å². The second-order valence-electron chi connectivity index (χ2n) is 10.6. The van der Waals surface area contributed by atoms with Gasteiger partial charge in [-0.05, 0) is 80.8 Å². The molecule has 0 amide bonds. The number of Topliss-reactive ketones (excluding diaryl/α,β-unsaturated/α-hetero) is 1. The Hall–Kier alpha value is -2.40. The molecule has 2 N–H and O–H groups in total. The van der Waals surface area contributed by atoms with Gasteiger partial charge in [0.2, 0.25) is 5.78 Å². The van der Waals surface area contributed by atoms with Crippen molar-refractivity contribution in [3.63, 3.8) is 0 Å². The van der Waals surface area contributed by atoms with E-state index in [9.17, 15) is 14.7 Å². The van der Waals surface area contributed by atoms with Crippen LogP contribution in [0.2, 0.25) is 0 Å². The molecule has 4 aliphatic rings. The Balaban J connectivity index is 1.56. The first-order valence-electron chi connectivity index (χ1n) is 11.9. The number of allylic oxidation sites excluding steroid dienone is 3. The first-order chi connectivity index (χ1) is 15.3. The Labute approximate surface area is 189 Å². The van der Waals surface area contributed by atoms with Crippen LogP contribution in [0.25, 0.3) is 0 Å². The van der Waals surface area contributed by atoms with Crippen LogP contribution in [0, 0.1) is 28.6 Å². The molecule has 5 rings (SSSR count). The van der Waals surface area contributed by atoms with Gasteiger partial charge in [-0.3, -0.25) is 9.59 Å². The summed E-state index contributed by atoms with van der Waals surface area (Å²) in [5.74, 6) is 0.376. The van der Waals surface area contributed by atoms with Crippen molar-refractivity contribution in [2.75, 3.05) is 12.4 Å². The van der Waals surface area contributed by atoms with E-state index >= 15 is 0 Å². The lowest BCUT2D eigenvalue weighted by atomic mass is 9.47. The van der Waals surface area contributed by atoms with Gasteiger partial charge in [-0.1, -0.05) is 36.8 Å². The predicted molar refractivity (Wildman–Crippen MR) is 123 cm³/mol. The zero-order valence-corrected chi connectivity index (χ0v) is 19.2. The van der Waals surface area contributed by atoms with E-state index in [0.717, 1.165) is 44.2 Å². The van der Waals surface area contributed by atoms with Gasteiger partial charge in [0.15, 0.2) is 0 Å². The average Bonchev–Trinajstić information content (AvgIpc) is 3.11. The smallest absolute Gasteiger partial charge is 0.312 e. The fraction of sp³-hybridized carbons (Fsp3) is 0.556. The number of rotatable bonds is 2. The molecule has 0 unspecified atom stereocenters. The Morgan fingerprint density at radius 2 is 2.00 bits per heavy atom.